The van der Waals surface area contributed by atoms with Gasteiger partial charge in [-0.25, -0.2) is 9.59 Å². The van der Waals surface area contributed by atoms with Gasteiger partial charge in [0.25, 0.3) is 5.56 Å². The summed E-state index contributed by atoms with van der Waals surface area (Å²) in [4.78, 5) is 38.2. The fourth-order valence-corrected chi connectivity index (χ4v) is 2.96. The second kappa shape index (κ2) is 7.67. The highest BCUT2D eigenvalue weighted by molar-refractivity contribution is 5.89. The molecule has 0 bridgehead atoms. The number of ether oxygens (including phenoxy) is 2. The molecule has 3 rings (SSSR count). The van der Waals surface area contributed by atoms with Crippen molar-refractivity contribution in [1.29, 1.82) is 0 Å². The molecule has 1 fully saturated rings. The molecule has 26 heavy (non-hydrogen) atoms. The van der Waals surface area contributed by atoms with Crippen LogP contribution >= 0.6 is 0 Å². The van der Waals surface area contributed by atoms with Crippen LogP contribution in [0.5, 0.6) is 0 Å². The summed E-state index contributed by atoms with van der Waals surface area (Å²) in [5, 5.41) is 9.50. The highest BCUT2D eigenvalue weighted by Crippen LogP contribution is 2.25. The Labute approximate surface area is 149 Å². The number of H-pyrrole nitrogens is 1. The minimum absolute atomic E-state index is 0.163. The Balaban J connectivity index is 1.81. The van der Waals surface area contributed by atoms with Crippen LogP contribution in [0.3, 0.4) is 0 Å². The van der Waals surface area contributed by atoms with Crippen molar-refractivity contribution in [2.75, 3.05) is 13.2 Å². The van der Waals surface area contributed by atoms with Crippen molar-refractivity contribution in [3.63, 3.8) is 0 Å². The minimum atomic E-state index is -0.717. The number of aromatic nitrogens is 2. The summed E-state index contributed by atoms with van der Waals surface area (Å²) < 4.78 is 12.5. The van der Waals surface area contributed by atoms with Gasteiger partial charge in [0.1, 0.15) is 12.2 Å². The van der Waals surface area contributed by atoms with Crippen LogP contribution in [0.2, 0.25) is 0 Å². The summed E-state index contributed by atoms with van der Waals surface area (Å²) in [5.74, 6) is -0.525. The van der Waals surface area contributed by atoms with Crippen LogP contribution in [0.25, 0.3) is 0 Å². The van der Waals surface area contributed by atoms with Gasteiger partial charge in [0.05, 0.1) is 24.8 Å². The van der Waals surface area contributed by atoms with E-state index in [1.165, 1.54) is 10.8 Å². The third kappa shape index (κ3) is 3.76. The van der Waals surface area contributed by atoms with Gasteiger partial charge < -0.3 is 14.6 Å². The standard InChI is InChI=1S/C18H20N2O6/c1-11-8-20(18(24)19-16(11)22)13-7-14(15(9-21)25-10-13)26-17(23)12-5-3-2-4-6-12/h2-6,8,13-15,21H,7,9-10H2,1H3,(H,19,22,24)/t13-,14-,15?/m0/s1. The normalized spacial score (nSPS) is 22.8. The zero-order chi connectivity index (χ0) is 18.7. The van der Waals surface area contributed by atoms with E-state index in [2.05, 4.69) is 4.98 Å². The molecule has 0 radical (unpaired) electrons. The highest BCUT2D eigenvalue weighted by Gasteiger charge is 2.35. The number of aryl methyl sites for hydroxylation is 1. The lowest BCUT2D eigenvalue weighted by molar-refractivity contribution is -0.118. The van der Waals surface area contributed by atoms with Gasteiger partial charge in [-0.3, -0.25) is 14.3 Å². The third-order valence-electron chi connectivity index (χ3n) is 4.41. The molecule has 138 valence electrons. The molecule has 1 aromatic carbocycles. The number of carbonyl (C=O) groups is 1. The Morgan fingerprint density at radius 2 is 2.08 bits per heavy atom. The zero-order valence-electron chi connectivity index (χ0n) is 14.3. The van der Waals surface area contributed by atoms with Crippen LogP contribution < -0.4 is 11.2 Å². The van der Waals surface area contributed by atoms with E-state index in [0.29, 0.717) is 11.1 Å². The highest BCUT2D eigenvalue weighted by atomic mass is 16.6. The molecule has 8 nitrogen and oxygen atoms in total. The van der Waals surface area contributed by atoms with E-state index in [4.69, 9.17) is 9.47 Å². The predicted octanol–water partition coefficient (Wildman–Crippen LogP) is 0.393. The van der Waals surface area contributed by atoms with Gasteiger partial charge in [0.2, 0.25) is 0 Å². The average molecular weight is 360 g/mol. The topological polar surface area (TPSA) is 111 Å². The number of rotatable bonds is 4. The first-order valence-electron chi connectivity index (χ1n) is 8.30. The molecule has 2 aromatic rings. The van der Waals surface area contributed by atoms with Crippen LogP contribution in [0, 0.1) is 6.92 Å². The minimum Gasteiger partial charge on any atom is -0.456 e. The average Bonchev–Trinajstić information content (AvgIpc) is 2.65. The molecule has 0 amide bonds. The van der Waals surface area contributed by atoms with E-state index < -0.39 is 35.5 Å². The maximum atomic E-state index is 12.3. The zero-order valence-corrected chi connectivity index (χ0v) is 14.3. The second-order valence-corrected chi connectivity index (χ2v) is 6.23. The predicted molar refractivity (Wildman–Crippen MR) is 92.2 cm³/mol. The largest absolute Gasteiger partial charge is 0.456 e. The smallest absolute Gasteiger partial charge is 0.338 e. The maximum absolute atomic E-state index is 12.3. The molecule has 2 heterocycles. The summed E-state index contributed by atoms with van der Waals surface area (Å²) in [6.45, 7) is 1.46. The first kappa shape index (κ1) is 18.1. The Hall–Kier alpha value is -2.71. The number of carbonyl (C=O) groups excluding carboxylic acids is 1. The number of nitrogens with zero attached hydrogens (tertiary/aromatic N) is 1. The third-order valence-corrected chi connectivity index (χ3v) is 4.41. The summed E-state index contributed by atoms with van der Waals surface area (Å²) in [5.41, 5.74) is -0.205. The number of benzene rings is 1. The first-order valence-corrected chi connectivity index (χ1v) is 8.30. The molecule has 1 unspecified atom stereocenters. The van der Waals surface area contributed by atoms with Gasteiger partial charge in [-0.05, 0) is 19.1 Å². The summed E-state index contributed by atoms with van der Waals surface area (Å²) in [6.07, 6.45) is 0.365. The molecule has 1 saturated heterocycles. The van der Waals surface area contributed by atoms with Crippen LogP contribution in [0.15, 0.2) is 46.1 Å². The Bertz CT molecular complexity index is 889. The van der Waals surface area contributed by atoms with Crippen LogP contribution in [-0.4, -0.2) is 46.0 Å². The van der Waals surface area contributed by atoms with Gasteiger partial charge >= 0.3 is 11.7 Å². The molecule has 1 aliphatic rings. The van der Waals surface area contributed by atoms with E-state index >= 15 is 0 Å². The van der Waals surface area contributed by atoms with Gasteiger partial charge in [0, 0.05) is 18.2 Å². The quantitative estimate of drug-likeness (QED) is 0.764. The number of hydrogen-bond acceptors (Lipinski definition) is 6. The fraction of sp³-hybridized carbons (Fsp3) is 0.389. The Kier molecular flexibility index (Phi) is 5.34. The lowest BCUT2D eigenvalue weighted by Crippen LogP contribution is -2.46. The van der Waals surface area contributed by atoms with Crippen molar-refractivity contribution in [2.24, 2.45) is 0 Å². The lowest BCUT2D eigenvalue weighted by atomic mass is 10.0. The second-order valence-electron chi connectivity index (χ2n) is 6.23. The number of esters is 1. The monoisotopic (exact) mass is 360 g/mol. The van der Waals surface area contributed by atoms with Crippen LogP contribution in [0.4, 0.5) is 0 Å². The molecular formula is C18H20N2O6. The van der Waals surface area contributed by atoms with E-state index in [-0.39, 0.29) is 19.6 Å². The van der Waals surface area contributed by atoms with E-state index in [1.54, 1.807) is 37.3 Å². The molecule has 1 aromatic heterocycles. The number of nitrogens with one attached hydrogen (secondary N) is 1. The van der Waals surface area contributed by atoms with Crippen molar-refractivity contribution in [1.82, 2.24) is 9.55 Å². The Morgan fingerprint density at radius 3 is 2.77 bits per heavy atom. The van der Waals surface area contributed by atoms with E-state index in [0.717, 1.165) is 0 Å². The Morgan fingerprint density at radius 1 is 1.35 bits per heavy atom. The summed E-state index contributed by atoms with van der Waals surface area (Å²) in [6, 6.07) is 8.08. The molecular weight excluding hydrogens is 340 g/mol. The first-order chi connectivity index (χ1) is 12.5. The van der Waals surface area contributed by atoms with Gasteiger partial charge in [-0.15, -0.1) is 0 Å². The lowest BCUT2D eigenvalue weighted by Gasteiger charge is -2.35. The van der Waals surface area contributed by atoms with Crippen LogP contribution in [0.1, 0.15) is 28.4 Å². The van der Waals surface area contributed by atoms with Crippen molar-refractivity contribution in [3.05, 3.63) is 68.5 Å². The molecule has 0 saturated carbocycles. The number of aliphatic hydroxyl groups excluding tert-OH is 1. The molecule has 1 aliphatic heterocycles. The number of hydrogen-bond donors (Lipinski definition) is 2. The number of aromatic amines is 1. The van der Waals surface area contributed by atoms with Crippen molar-refractivity contribution in [2.45, 2.75) is 31.6 Å². The SMILES string of the molecule is Cc1cn([C@@H]2COC(CO)[C@@H](OC(=O)c3ccccc3)C2)c(=O)[nH]c1=O. The van der Waals surface area contributed by atoms with Crippen LogP contribution in [-0.2, 0) is 9.47 Å². The fourth-order valence-electron chi connectivity index (χ4n) is 2.96. The molecule has 8 heteroatoms. The van der Waals surface area contributed by atoms with Crippen molar-refractivity contribution < 1.29 is 19.4 Å². The summed E-state index contributed by atoms with van der Waals surface area (Å²) in [7, 11) is 0. The van der Waals surface area contributed by atoms with Gasteiger partial charge in [-0.2, -0.15) is 0 Å². The molecule has 2 N–H and O–H groups in total. The summed E-state index contributed by atoms with van der Waals surface area (Å²) >= 11 is 0. The molecule has 0 aliphatic carbocycles. The van der Waals surface area contributed by atoms with Crippen molar-refractivity contribution in [3.8, 4) is 0 Å². The van der Waals surface area contributed by atoms with Crippen molar-refractivity contribution >= 4 is 5.97 Å². The molecule has 0 spiro atoms. The van der Waals surface area contributed by atoms with Gasteiger partial charge in [-0.1, -0.05) is 18.2 Å². The van der Waals surface area contributed by atoms with E-state index in [9.17, 15) is 19.5 Å². The van der Waals surface area contributed by atoms with E-state index in [1.807, 2.05) is 0 Å². The maximum Gasteiger partial charge on any atom is 0.338 e. The number of aliphatic hydroxyl groups is 1. The molecule has 3 atom stereocenters. The van der Waals surface area contributed by atoms with Gasteiger partial charge in [0.15, 0.2) is 0 Å².